The Hall–Kier alpha value is -0.670. The molecular weight excluding hydrogens is 190 g/mol. The maximum Gasteiger partial charge on any atom is 0.123 e. The number of rotatable bonds is 7. The van der Waals surface area contributed by atoms with Crippen LogP contribution in [0.1, 0.15) is 19.3 Å². The zero-order valence-electron chi connectivity index (χ0n) is 9.36. The maximum atomic E-state index is 10.7. The number of morpholine rings is 1. The topological polar surface area (TPSA) is 29.5 Å². The minimum atomic E-state index is 0.170. The number of carbonyl (C=O) groups is 1. The summed E-state index contributed by atoms with van der Waals surface area (Å²) >= 11 is 0. The predicted molar refractivity (Wildman–Crippen MR) is 60.9 cm³/mol. The molecule has 0 aromatic carbocycles. The fourth-order valence-corrected chi connectivity index (χ4v) is 1.86. The minimum absolute atomic E-state index is 0.170. The molecule has 0 radical (unpaired) electrons. The quantitative estimate of drug-likeness (QED) is 0.472. The molecule has 1 heterocycles. The number of aldehydes is 1. The zero-order chi connectivity index (χ0) is 10.9. The summed E-state index contributed by atoms with van der Waals surface area (Å²) in [6.45, 7) is 8.52. The summed E-state index contributed by atoms with van der Waals surface area (Å²) in [6, 6.07) is 0. The van der Waals surface area contributed by atoms with Crippen LogP contribution in [0.15, 0.2) is 12.7 Å². The predicted octanol–water partition coefficient (Wildman–Crippen LogP) is 1.49. The highest BCUT2D eigenvalue weighted by atomic mass is 16.5. The van der Waals surface area contributed by atoms with Gasteiger partial charge in [0, 0.05) is 19.0 Å². The molecule has 0 aromatic rings. The number of carbonyl (C=O) groups excluding carboxylic acids is 1. The fourth-order valence-electron chi connectivity index (χ4n) is 1.86. The van der Waals surface area contributed by atoms with E-state index in [9.17, 15) is 4.79 Å². The van der Waals surface area contributed by atoms with E-state index in [4.69, 9.17) is 4.74 Å². The van der Waals surface area contributed by atoms with Crippen LogP contribution >= 0.6 is 0 Å². The summed E-state index contributed by atoms with van der Waals surface area (Å²) < 4.78 is 5.28. The Balaban J connectivity index is 2.07. The van der Waals surface area contributed by atoms with Gasteiger partial charge in [-0.3, -0.25) is 4.90 Å². The first-order chi connectivity index (χ1) is 7.36. The van der Waals surface area contributed by atoms with E-state index in [1.54, 1.807) is 0 Å². The lowest BCUT2D eigenvalue weighted by Crippen LogP contribution is -2.36. The molecule has 0 bridgehead atoms. The molecule has 0 N–H and O–H groups in total. The fraction of sp³-hybridized carbons (Fsp3) is 0.750. The van der Waals surface area contributed by atoms with Crippen LogP contribution in [0.4, 0.5) is 0 Å². The average Bonchev–Trinajstić information content (AvgIpc) is 2.29. The van der Waals surface area contributed by atoms with Crippen molar-refractivity contribution in [2.45, 2.75) is 19.3 Å². The van der Waals surface area contributed by atoms with E-state index in [1.807, 2.05) is 6.08 Å². The van der Waals surface area contributed by atoms with E-state index in [1.165, 1.54) is 0 Å². The summed E-state index contributed by atoms with van der Waals surface area (Å²) in [4.78, 5) is 13.1. The zero-order valence-corrected chi connectivity index (χ0v) is 9.36. The van der Waals surface area contributed by atoms with Gasteiger partial charge in [0.05, 0.1) is 13.2 Å². The Labute approximate surface area is 92.1 Å². The third kappa shape index (κ3) is 5.09. The van der Waals surface area contributed by atoms with Gasteiger partial charge in [0.2, 0.25) is 0 Å². The molecule has 1 saturated heterocycles. The molecule has 15 heavy (non-hydrogen) atoms. The molecule has 3 nitrogen and oxygen atoms in total. The molecule has 0 spiro atoms. The van der Waals surface area contributed by atoms with Crippen LogP contribution < -0.4 is 0 Å². The van der Waals surface area contributed by atoms with Crippen LogP contribution in [0.2, 0.25) is 0 Å². The number of ether oxygens (including phenoxy) is 1. The lowest BCUT2D eigenvalue weighted by molar-refractivity contribution is -0.111. The molecule has 0 unspecified atom stereocenters. The second kappa shape index (κ2) is 7.60. The first-order valence-electron chi connectivity index (χ1n) is 5.73. The number of hydrogen-bond donors (Lipinski definition) is 0. The summed E-state index contributed by atoms with van der Waals surface area (Å²) in [6.07, 6.45) is 5.77. The Morgan fingerprint density at radius 2 is 2.13 bits per heavy atom. The van der Waals surface area contributed by atoms with Crippen molar-refractivity contribution in [3.8, 4) is 0 Å². The maximum absolute atomic E-state index is 10.7. The van der Waals surface area contributed by atoms with Crippen molar-refractivity contribution in [3.63, 3.8) is 0 Å². The number of hydrogen-bond acceptors (Lipinski definition) is 3. The Kier molecular flexibility index (Phi) is 6.28. The molecule has 0 aliphatic carbocycles. The molecule has 0 amide bonds. The summed E-state index contributed by atoms with van der Waals surface area (Å²) in [5.41, 5.74) is 0. The molecular formula is C12H21NO2. The molecule has 1 fully saturated rings. The number of allylic oxidation sites excluding steroid dienone is 1. The largest absolute Gasteiger partial charge is 0.379 e. The van der Waals surface area contributed by atoms with Crippen molar-refractivity contribution in [1.82, 2.24) is 4.90 Å². The summed E-state index contributed by atoms with van der Waals surface area (Å²) in [5, 5.41) is 0. The third-order valence-electron chi connectivity index (χ3n) is 2.81. The monoisotopic (exact) mass is 211 g/mol. The molecule has 0 saturated carbocycles. The molecule has 3 heteroatoms. The lowest BCUT2D eigenvalue weighted by Gasteiger charge is -2.26. The van der Waals surface area contributed by atoms with Gasteiger partial charge in [0.1, 0.15) is 6.29 Å². The van der Waals surface area contributed by atoms with Crippen LogP contribution in [0.25, 0.3) is 0 Å². The van der Waals surface area contributed by atoms with Crippen molar-refractivity contribution in [2.24, 2.45) is 5.92 Å². The Morgan fingerprint density at radius 3 is 2.73 bits per heavy atom. The van der Waals surface area contributed by atoms with E-state index in [2.05, 4.69) is 11.5 Å². The van der Waals surface area contributed by atoms with Gasteiger partial charge < -0.3 is 9.53 Å². The van der Waals surface area contributed by atoms with Crippen molar-refractivity contribution in [3.05, 3.63) is 12.7 Å². The van der Waals surface area contributed by atoms with Crippen molar-refractivity contribution in [1.29, 1.82) is 0 Å². The smallest absolute Gasteiger partial charge is 0.123 e. The van der Waals surface area contributed by atoms with Gasteiger partial charge in [-0.1, -0.05) is 6.08 Å². The third-order valence-corrected chi connectivity index (χ3v) is 2.81. The van der Waals surface area contributed by atoms with Crippen LogP contribution in [0.5, 0.6) is 0 Å². The molecule has 1 aliphatic rings. The minimum Gasteiger partial charge on any atom is -0.379 e. The Bertz CT molecular complexity index is 188. The summed E-state index contributed by atoms with van der Waals surface area (Å²) in [5.74, 6) is 0.170. The van der Waals surface area contributed by atoms with E-state index in [-0.39, 0.29) is 5.92 Å². The van der Waals surface area contributed by atoms with E-state index < -0.39 is 0 Å². The number of nitrogens with zero attached hydrogens (tertiary/aromatic N) is 1. The summed E-state index contributed by atoms with van der Waals surface area (Å²) in [7, 11) is 0. The second-order valence-corrected chi connectivity index (χ2v) is 4.02. The van der Waals surface area contributed by atoms with E-state index in [0.29, 0.717) is 0 Å². The van der Waals surface area contributed by atoms with Crippen LogP contribution in [0.3, 0.4) is 0 Å². The van der Waals surface area contributed by atoms with Crippen molar-refractivity contribution in [2.75, 3.05) is 32.8 Å². The molecule has 86 valence electrons. The highest BCUT2D eigenvalue weighted by molar-refractivity contribution is 5.53. The SMILES string of the molecule is C=CC[C@H](C=O)CCCN1CCOCC1. The molecule has 1 atom stereocenters. The van der Waals surface area contributed by atoms with Crippen LogP contribution in [-0.4, -0.2) is 44.0 Å². The average molecular weight is 211 g/mol. The first-order valence-corrected chi connectivity index (χ1v) is 5.73. The van der Waals surface area contributed by atoms with Gasteiger partial charge >= 0.3 is 0 Å². The van der Waals surface area contributed by atoms with Gasteiger partial charge in [0.25, 0.3) is 0 Å². The Morgan fingerprint density at radius 1 is 1.40 bits per heavy atom. The van der Waals surface area contributed by atoms with Gasteiger partial charge in [-0.05, 0) is 25.8 Å². The van der Waals surface area contributed by atoms with E-state index in [0.717, 1.165) is 58.4 Å². The first kappa shape index (κ1) is 12.4. The molecule has 0 aromatic heterocycles. The van der Waals surface area contributed by atoms with Crippen LogP contribution in [-0.2, 0) is 9.53 Å². The van der Waals surface area contributed by atoms with Gasteiger partial charge in [0.15, 0.2) is 0 Å². The normalized spacial score (nSPS) is 19.7. The highest BCUT2D eigenvalue weighted by Crippen LogP contribution is 2.10. The highest BCUT2D eigenvalue weighted by Gasteiger charge is 2.11. The van der Waals surface area contributed by atoms with Crippen molar-refractivity contribution < 1.29 is 9.53 Å². The molecule has 1 rings (SSSR count). The standard InChI is InChI=1S/C12H21NO2/c1-2-4-12(11-14)5-3-6-13-7-9-15-10-8-13/h2,11-12H,1,3-10H2/t12-/m0/s1. The van der Waals surface area contributed by atoms with Gasteiger partial charge in [-0.25, -0.2) is 0 Å². The van der Waals surface area contributed by atoms with E-state index >= 15 is 0 Å². The lowest BCUT2D eigenvalue weighted by atomic mass is 10.0. The molecule has 1 aliphatic heterocycles. The van der Waals surface area contributed by atoms with Crippen LogP contribution in [0, 0.1) is 5.92 Å². The van der Waals surface area contributed by atoms with Crippen molar-refractivity contribution >= 4 is 6.29 Å². The second-order valence-electron chi connectivity index (χ2n) is 4.02. The van der Waals surface area contributed by atoms with Gasteiger partial charge in [-0.2, -0.15) is 0 Å². The van der Waals surface area contributed by atoms with Gasteiger partial charge in [-0.15, -0.1) is 6.58 Å².